The maximum atomic E-state index is 12.0. The van der Waals surface area contributed by atoms with Crippen LogP contribution in [0.4, 0.5) is 4.79 Å². The molecule has 0 bridgehead atoms. The van der Waals surface area contributed by atoms with E-state index in [4.69, 9.17) is 0 Å². The maximum absolute atomic E-state index is 12.0. The Morgan fingerprint density at radius 2 is 1.94 bits per heavy atom. The van der Waals surface area contributed by atoms with Crippen molar-refractivity contribution < 1.29 is 9.59 Å². The van der Waals surface area contributed by atoms with Crippen LogP contribution in [0, 0.1) is 5.92 Å². The summed E-state index contributed by atoms with van der Waals surface area (Å²) < 4.78 is 0. The molecule has 1 saturated heterocycles. The number of hydrogen-bond acceptors (Lipinski definition) is 3. The van der Waals surface area contributed by atoms with Crippen LogP contribution in [-0.2, 0) is 4.79 Å². The summed E-state index contributed by atoms with van der Waals surface area (Å²) in [4.78, 5) is 23.6. The fourth-order valence-corrected chi connectivity index (χ4v) is 1.67. The fourth-order valence-electron chi connectivity index (χ4n) is 1.67. The number of urea groups is 1. The molecule has 1 aliphatic rings. The van der Waals surface area contributed by atoms with Crippen LogP contribution in [0.1, 0.15) is 47.0 Å². The molecule has 96 valence electrons. The Morgan fingerprint density at radius 1 is 1.35 bits per heavy atom. The summed E-state index contributed by atoms with van der Waals surface area (Å²) in [6, 6.07) is -0.429. The van der Waals surface area contributed by atoms with E-state index in [1.165, 1.54) is 0 Å². The van der Waals surface area contributed by atoms with Crippen molar-refractivity contribution in [2.24, 2.45) is 11.0 Å². The largest absolute Gasteiger partial charge is 0.346 e. The molecule has 1 atom stereocenters. The molecular formula is C12H21N3O2. The first-order valence-corrected chi connectivity index (χ1v) is 6.19. The normalized spacial score (nSPS) is 25.1. The minimum atomic E-state index is -0.803. The van der Waals surface area contributed by atoms with Crippen molar-refractivity contribution in [1.82, 2.24) is 10.3 Å². The van der Waals surface area contributed by atoms with Crippen LogP contribution in [0.2, 0.25) is 0 Å². The van der Waals surface area contributed by atoms with E-state index in [0.717, 1.165) is 17.9 Å². The Bertz CT molecular complexity index is 337. The second-order valence-corrected chi connectivity index (χ2v) is 4.57. The zero-order chi connectivity index (χ0) is 13.1. The van der Waals surface area contributed by atoms with Gasteiger partial charge in [0.2, 0.25) is 0 Å². The number of carbonyl (C=O) groups excluding carboxylic acids is 2. The third-order valence-corrected chi connectivity index (χ3v) is 3.39. The van der Waals surface area contributed by atoms with Crippen molar-refractivity contribution in [2.75, 3.05) is 0 Å². The molecule has 5 nitrogen and oxygen atoms in total. The number of hydrogen-bond donors (Lipinski definition) is 1. The van der Waals surface area contributed by atoms with Gasteiger partial charge in [0, 0.05) is 6.21 Å². The lowest BCUT2D eigenvalue weighted by molar-refractivity contribution is -0.130. The SMILES string of the molecule is CCC(C=NN1C(=O)N[C@@](C)(CC)C1=O)CC. The van der Waals surface area contributed by atoms with E-state index >= 15 is 0 Å². The van der Waals surface area contributed by atoms with Gasteiger partial charge in [-0.05, 0) is 32.1 Å². The van der Waals surface area contributed by atoms with Crippen molar-refractivity contribution in [3.05, 3.63) is 0 Å². The zero-order valence-electron chi connectivity index (χ0n) is 11.0. The highest BCUT2D eigenvalue weighted by Crippen LogP contribution is 2.21. The third kappa shape index (κ3) is 2.65. The summed E-state index contributed by atoms with van der Waals surface area (Å²) in [5, 5.41) is 7.63. The lowest BCUT2D eigenvalue weighted by Gasteiger charge is -2.17. The average molecular weight is 239 g/mol. The molecule has 0 aromatic heterocycles. The van der Waals surface area contributed by atoms with Crippen molar-refractivity contribution in [1.29, 1.82) is 0 Å². The lowest BCUT2D eigenvalue weighted by Crippen LogP contribution is -2.42. The van der Waals surface area contributed by atoms with Crippen molar-refractivity contribution in [3.8, 4) is 0 Å². The van der Waals surface area contributed by atoms with Gasteiger partial charge in [0.05, 0.1) is 0 Å². The predicted molar refractivity (Wildman–Crippen MR) is 66.6 cm³/mol. The highest BCUT2D eigenvalue weighted by molar-refractivity contribution is 6.06. The van der Waals surface area contributed by atoms with Crippen LogP contribution in [-0.4, -0.2) is 28.7 Å². The highest BCUT2D eigenvalue weighted by atomic mass is 16.2. The Kier molecular flexibility index (Phi) is 4.26. The second kappa shape index (κ2) is 5.29. The van der Waals surface area contributed by atoms with Gasteiger partial charge in [-0.1, -0.05) is 20.8 Å². The van der Waals surface area contributed by atoms with Gasteiger partial charge in [-0.25, -0.2) is 4.79 Å². The third-order valence-electron chi connectivity index (χ3n) is 3.39. The van der Waals surface area contributed by atoms with Crippen LogP contribution in [0.15, 0.2) is 5.10 Å². The predicted octanol–water partition coefficient (Wildman–Crippen LogP) is 2.13. The minimum Gasteiger partial charge on any atom is -0.322 e. The van der Waals surface area contributed by atoms with Crippen LogP contribution in [0.5, 0.6) is 0 Å². The van der Waals surface area contributed by atoms with E-state index in [9.17, 15) is 9.59 Å². The Labute approximate surface area is 102 Å². The van der Waals surface area contributed by atoms with Gasteiger partial charge in [-0.15, -0.1) is 5.01 Å². The topological polar surface area (TPSA) is 61.8 Å². The molecule has 0 aromatic carbocycles. The molecule has 0 unspecified atom stereocenters. The van der Waals surface area contributed by atoms with Gasteiger partial charge in [-0.3, -0.25) is 4.79 Å². The molecule has 0 saturated carbocycles. The van der Waals surface area contributed by atoms with Gasteiger partial charge in [-0.2, -0.15) is 5.10 Å². The molecule has 5 heteroatoms. The number of amides is 3. The minimum absolute atomic E-state index is 0.271. The Morgan fingerprint density at radius 3 is 2.35 bits per heavy atom. The molecule has 0 spiro atoms. The van der Waals surface area contributed by atoms with E-state index in [1.807, 2.05) is 6.92 Å². The van der Waals surface area contributed by atoms with E-state index in [0.29, 0.717) is 12.3 Å². The van der Waals surface area contributed by atoms with Gasteiger partial charge >= 0.3 is 6.03 Å². The lowest BCUT2D eigenvalue weighted by atomic mass is 10.00. The van der Waals surface area contributed by atoms with Crippen LogP contribution in [0.3, 0.4) is 0 Å². The van der Waals surface area contributed by atoms with Gasteiger partial charge in [0.15, 0.2) is 0 Å². The zero-order valence-corrected chi connectivity index (χ0v) is 11.0. The fraction of sp³-hybridized carbons (Fsp3) is 0.750. The van der Waals surface area contributed by atoms with Gasteiger partial charge in [0.1, 0.15) is 5.54 Å². The molecule has 1 aliphatic heterocycles. The second-order valence-electron chi connectivity index (χ2n) is 4.57. The summed E-state index contributed by atoms with van der Waals surface area (Å²) >= 11 is 0. The number of imide groups is 1. The molecular weight excluding hydrogens is 218 g/mol. The van der Waals surface area contributed by atoms with Crippen LogP contribution >= 0.6 is 0 Å². The monoisotopic (exact) mass is 239 g/mol. The first-order chi connectivity index (χ1) is 7.98. The standard InChI is InChI=1S/C12H21N3O2/c1-5-9(6-2)8-13-15-10(16)12(4,7-3)14-11(15)17/h8-9H,5-7H2,1-4H3,(H,14,17)/t12-/m0/s1. The average Bonchev–Trinajstić information content (AvgIpc) is 2.54. The number of carbonyl (C=O) groups is 2. The number of nitrogens with one attached hydrogen (secondary N) is 1. The van der Waals surface area contributed by atoms with E-state index < -0.39 is 11.6 Å². The van der Waals surface area contributed by atoms with Crippen molar-refractivity contribution in [3.63, 3.8) is 0 Å². The van der Waals surface area contributed by atoms with E-state index in [1.54, 1.807) is 13.1 Å². The number of hydrazone groups is 1. The summed E-state index contributed by atoms with van der Waals surface area (Å²) in [5.41, 5.74) is -0.803. The maximum Gasteiger partial charge on any atom is 0.346 e. The Hall–Kier alpha value is -1.39. The summed E-state index contributed by atoms with van der Waals surface area (Å²) in [7, 11) is 0. The first-order valence-electron chi connectivity index (χ1n) is 6.19. The first kappa shape index (κ1) is 13.7. The van der Waals surface area contributed by atoms with Crippen molar-refractivity contribution >= 4 is 18.2 Å². The van der Waals surface area contributed by atoms with Crippen LogP contribution < -0.4 is 5.32 Å². The molecule has 1 N–H and O–H groups in total. The molecule has 3 amide bonds. The highest BCUT2D eigenvalue weighted by Gasteiger charge is 2.46. The van der Waals surface area contributed by atoms with E-state index in [2.05, 4.69) is 24.3 Å². The molecule has 17 heavy (non-hydrogen) atoms. The van der Waals surface area contributed by atoms with Crippen molar-refractivity contribution in [2.45, 2.75) is 52.5 Å². The molecule has 1 fully saturated rings. The molecule has 0 aliphatic carbocycles. The molecule has 0 aromatic rings. The quantitative estimate of drug-likeness (QED) is 0.590. The van der Waals surface area contributed by atoms with Crippen LogP contribution in [0.25, 0.3) is 0 Å². The Balaban J connectivity index is 2.79. The van der Waals surface area contributed by atoms with Gasteiger partial charge < -0.3 is 5.32 Å². The summed E-state index contributed by atoms with van der Waals surface area (Å²) in [5.74, 6) is 0.0382. The molecule has 1 heterocycles. The molecule has 1 rings (SSSR count). The summed E-state index contributed by atoms with van der Waals surface area (Å²) in [6.07, 6.45) is 4.16. The molecule has 0 radical (unpaired) electrons. The number of rotatable bonds is 5. The van der Waals surface area contributed by atoms with E-state index in [-0.39, 0.29) is 5.91 Å². The number of nitrogens with zero attached hydrogens (tertiary/aromatic N) is 2. The summed E-state index contributed by atoms with van der Waals surface area (Å²) in [6.45, 7) is 7.70. The van der Waals surface area contributed by atoms with Gasteiger partial charge in [0.25, 0.3) is 5.91 Å². The smallest absolute Gasteiger partial charge is 0.322 e.